The fraction of sp³-hybridized carbons (Fsp3) is 0.875. The number of halogens is 4. The third-order valence-electron chi connectivity index (χ3n) is 5.45. The Morgan fingerprint density at radius 1 is 1.22 bits per heavy atom. The molecule has 2 fully saturated rings. The molecule has 0 aromatic carbocycles. The molecule has 1 saturated heterocycles. The number of alkyl halides is 4. The fourth-order valence-corrected chi connectivity index (χ4v) is 4.26. The number of rotatable bonds is 4. The van der Waals surface area contributed by atoms with E-state index in [-0.39, 0.29) is 11.7 Å². The molecule has 1 spiro atoms. The lowest BCUT2D eigenvalue weighted by molar-refractivity contribution is -0.171. The van der Waals surface area contributed by atoms with E-state index in [1.807, 2.05) is 0 Å². The van der Waals surface area contributed by atoms with Gasteiger partial charge in [-0.15, -0.1) is 0 Å². The van der Waals surface area contributed by atoms with Crippen LogP contribution in [0.4, 0.5) is 17.6 Å². The Balaban J connectivity index is 1.67. The maximum Gasteiger partial charge on any atom is 0.407 e. The highest BCUT2D eigenvalue weighted by atomic mass is 19.4. The average molecular weight is 335 g/mol. The van der Waals surface area contributed by atoms with Crippen molar-refractivity contribution in [1.82, 2.24) is 15.3 Å². The smallest absolute Gasteiger partial charge is 0.316 e. The highest BCUT2D eigenvalue weighted by Gasteiger charge is 2.50. The summed E-state index contributed by atoms with van der Waals surface area (Å²) < 4.78 is 52.9. The second-order valence-electron chi connectivity index (χ2n) is 7.95. The zero-order valence-corrected chi connectivity index (χ0v) is 13.9. The quantitative estimate of drug-likeness (QED) is 0.797. The van der Waals surface area contributed by atoms with Gasteiger partial charge in [0.2, 0.25) is 0 Å². The molecule has 2 heterocycles. The van der Waals surface area contributed by atoms with E-state index < -0.39 is 18.4 Å². The number of nitrogens with zero attached hydrogens (tertiary/aromatic N) is 2. The molecule has 1 saturated carbocycles. The molecule has 1 unspecified atom stereocenters. The van der Waals surface area contributed by atoms with Gasteiger partial charge >= 0.3 is 6.18 Å². The maximum absolute atomic E-state index is 14.4. The molecule has 132 valence electrons. The van der Waals surface area contributed by atoms with Gasteiger partial charge in [0.25, 0.3) is 0 Å². The summed E-state index contributed by atoms with van der Waals surface area (Å²) >= 11 is 0. The Hall–Kier alpha value is -0.820. The molecule has 1 atom stereocenters. The van der Waals surface area contributed by atoms with Crippen LogP contribution in [0.1, 0.15) is 33.1 Å². The monoisotopic (exact) mass is 335 g/mol. The van der Waals surface area contributed by atoms with E-state index in [4.69, 9.17) is 0 Å². The molecule has 3 aliphatic rings. The summed E-state index contributed by atoms with van der Waals surface area (Å²) in [6, 6.07) is -0.155. The van der Waals surface area contributed by atoms with Gasteiger partial charge in [-0.25, -0.2) is 9.40 Å². The third-order valence-corrected chi connectivity index (χ3v) is 5.45. The highest BCUT2D eigenvalue weighted by Crippen LogP contribution is 2.51. The summed E-state index contributed by atoms with van der Waals surface area (Å²) in [4.78, 5) is 0. The van der Waals surface area contributed by atoms with Gasteiger partial charge in [0, 0.05) is 26.2 Å². The van der Waals surface area contributed by atoms with Gasteiger partial charge in [-0.1, -0.05) is 0 Å². The fourth-order valence-electron chi connectivity index (χ4n) is 4.26. The normalized spacial score (nSPS) is 28.7. The summed E-state index contributed by atoms with van der Waals surface area (Å²) in [5, 5.41) is 5.90. The largest absolute Gasteiger partial charge is 0.407 e. The first kappa shape index (κ1) is 17.0. The zero-order valence-electron chi connectivity index (χ0n) is 13.9. The second-order valence-corrected chi connectivity index (χ2v) is 7.95. The van der Waals surface area contributed by atoms with Gasteiger partial charge in [0.1, 0.15) is 12.2 Å². The van der Waals surface area contributed by atoms with Crippen molar-refractivity contribution in [3.8, 4) is 0 Å². The third kappa shape index (κ3) is 3.36. The van der Waals surface area contributed by atoms with Crippen molar-refractivity contribution >= 4 is 0 Å². The Labute approximate surface area is 134 Å². The van der Waals surface area contributed by atoms with Crippen molar-refractivity contribution in [3.63, 3.8) is 0 Å². The van der Waals surface area contributed by atoms with Gasteiger partial charge in [-0.3, -0.25) is 5.01 Å². The predicted octanol–water partition coefficient (Wildman–Crippen LogP) is 3.10. The number of allylic oxidation sites excluding steroid dienone is 1. The van der Waals surface area contributed by atoms with Gasteiger partial charge in [-0.2, -0.15) is 13.2 Å². The van der Waals surface area contributed by atoms with Crippen molar-refractivity contribution in [1.29, 1.82) is 0 Å². The zero-order chi connectivity index (χ0) is 17.0. The van der Waals surface area contributed by atoms with Crippen LogP contribution < -0.4 is 5.32 Å². The summed E-state index contributed by atoms with van der Waals surface area (Å²) in [5.41, 5.74) is -1.21. The maximum atomic E-state index is 14.4. The van der Waals surface area contributed by atoms with Crippen LogP contribution in [0, 0.1) is 11.3 Å². The van der Waals surface area contributed by atoms with E-state index in [0.717, 1.165) is 37.4 Å². The van der Waals surface area contributed by atoms with Gasteiger partial charge in [-0.05, 0) is 50.5 Å². The molecule has 0 aromatic heterocycles. The Kier molecular flexibility index (Phi) is 3.95. The SMILES string of the molecule is CN1C(CC2CC3(CNC3)C2)C=C(C(C)(C)F)N1CC(F)(F)F. The molecule has 2 aliphatic heterocycles. The number of hydrogen-bond acceptors (Lipinski definition) is 3. The van der Waals surface area contributed by atoms with Crippen LogP contribution in [0.5, 0.6) is 0 Å². The molecule has 0 amide bonds. The lowest BCUT2D eigenvalue weighted by Gasteiger charge is -2.55. The van der Waals surface area contributed by atoms with Crippen molar-refractivity contribution < 1.29 is 17.6 Å². The minimum atomic E-state index is -4.36. The van der Waals surface area contributed by atoms with Crippen LogP contribution in [-0.4, -0.2) is 54.6 Å². The number of nitrogens with one attached hydrogen (secondary N) is 1. The average Bonchev–Trinajstić information content (AvgIpc) is 2.56. The Bertz CT molecular complexity index is 483. The van der Waals surface area contributed by atoms with Crippen LogP contribution in [0.15, 0.2) is 11.8 Å². The summed E-state index contributed by atoms with van der Waals surface area (Å²) in [6.07, 6.45) is 0.394. The molecule has 0 bridgehead atoms. The van der Waals surface area contributed by atoms with Crippen LogP contribution in [-0.2, 0) is 0 Å². The Morgan fingerprint density at radius 3 is 2.26 bits per heavy atom. The van der Waals surface area contributed by atoms with Gasteiger partial charge in [0.05, 0.1) is 5.70 Å². The van der Waals surface area contributed by atoms with Crippen LogP contribution in [0.2, 0.25) is 0 Å². The summed E-state index contributed by atoms with van der Waals surface area (Å²) in [7, 11) is 1.63. The van der Waals surface area contributed by atoms with Crippen LogP contribution in [0.25, 0.3) is 0 Å². The van der Waals surface area contributed by atoms with E-state index in [0.29, 0.717) is 11.3 Å². The molecule has 0 aromatic rings. The highest BCUT2D eigenvalue weighted by molar-refractivity contribution is 5.21. The lowest BCUT2D eigenvalue weighted by Crippen LogP contribution is -2.60. The molecule has 23 heavy (non-hydrogen) atoms. The minimum absolute atomic E-state index is 0.127. The first-order valence-corrected chi connectivity index (χ1v) is 8.18. The van der Waals surface area contributed by atoms with Crippen molar-refractivity contribution in [2.24, 2.45) is 11.3 Å². The molecular weight excluding hydrogens is 310 g/mol. The molecule has 7 heteroatoms. The topological polar surface area (TPSA) is 18.5 Å². The van der Waals surface area contributed by atoms with E-state index >= 15 is 0 Å². The van der Waals surface area contributed by atoms with E-state index in [9.17, 15) is 17.6 Å². The van der Waals surface area contributed by atoms with E-state index in [1.165, 1.54) is 13.8 Å². The lowest BCUT2D eigenvalue weighted by atomic mass is 9.57. The first-order valence-electron chi connectivity index (χ1n) is 8.18. The molecule has 1 aliphatic carbocycles. The molecule has 3 rings (SSSR count). The first-order chi connectivity index (χ1) is 10.5. The molecular formula is C16H25F4N3. The molecule has 0 radical (unpaired) electrons. The second kappa shape index (κ2) is 5.34. The van der Waals surface area contributed by atoms with Gasteiger partial charge in [0.15, 0.2) is 0 Å². The molecule has 3 nitrogen and oxygen atoms in total. The van der Waals surface area contributed by atoms with Crippen LogP contribution in [0.3, 0.4) is 0 Å². The number of likely N-dealkylation sites (N-methyl/N-ethyl adjacent to an activating group) is 1. The number of hydrogen-bond donors (Lipinski definition) is 1. The predicted molar refractivity (Wildman–Crippen MR) is 80.2 cm³/mol. The molecule has 1 N–H and O–H groups in total. The van der Waals surface area contributed by atoms with E-state index in [2.05, 4.69) is 5.32 Å². The van der Waals surface area contributed by atoms with Crippen LogP contribution >= 0.6 is 0 Å². The Morgan fingerprint density at radius 2 is 1.83 bits per heavy atom. The standard InChI is InChI=1S/C16H25F4N3/c1-14(2,17)13-5-12(22(3)23(13)10-16(18,19)20)4-11-6-15(7-11)8-21-9-15/h5,11-12,21H,4,6-10H2,1-3H3. The van der Waals surface area contributed by atoms with E-state index in [1.54, 1.807) is 18.1 Å². The summed E-state index contributed by atoms with van der Waals surface area (Å²) in [5.74, 6) is 0.524. The summed E-state index contributed by atoms with van der Waals surface area (Å²) in [6.45, 7) is 3.61. The number of hydrazine groups is 1. The van der Waals surface area contributed by atoms with Crippen molar-refractivity contribution in [3.05, 3.63) is 11.8 Å². The minimum Gasteiger partial charge on any atom is -0.316 e. The van der Waals surface area contributed by atoms with Crippen molar-refractivity contribution in [2.75, 3.05) is 26.7 Å². The van der Waals surface area contributed by atoms with Crippen molar-refractivity contribution in [2.45, 2.75) is 51.0 Å². The van der Waals surface area contributed by atoms with Gasteiger partial charge < -0.3 is 5.32 Å².